The summed E-state index contributed by atoms with van der Waals surface area (Å²) >= 11 is 6.09. The Morgan fingerprint density at radius 3 is 2.77 bits per heavy atom. The van der Waals surface area contributed by atoms with Crippen molar-refractivity contribution in [2.75, 3.05) is 6.61 Å². The molecule has 1 atom stereocenters. The lowest BCUT2D eigenvalue weighted by Gasteiger charge is -2.31. The monoisotopic (exact) mass is 436 g/mol. The molecular formula is C24H21ClN2O4. The summed E-state index contributed by atoms with van der Waals surface area (Å²) in [6, 6.07) is 13.0. The molecule has 0 fully saturated rings. The molecule has 7 heteroatoms. The number of aromatic nitrogens is 1. The van der Waals surface area contributed by atoms with Crippen molar-refractivity contribution < 1.29 is 14.3 Å². The van der Waals surface area contributed by atoms with Crippen LogP contribution in [0.3, 0.4) is 0 Å². The van der Waals surface area contributed by atoms with E-state index in [0.29, 0.717) is 22.9 Å². The molecule has 5 rings (SSSR count). The highest BCUT2D eigenvalue weighted by Gasteiger charge is 2.39. The van der Waals surface area contributed by atoms with Gasteiger partial charge in [0.05, 0.1) is 23.6 Å². The molecule has 2 N–H and O–H groups in total. The van der Waals surface area contributed by atoms with Crippen LogP contribution in [0.15, 0.2) is 58.7 Å². The highest BCUT2D eigenvalue weighted by Crippen LogP contribution is 2.45. The third-order valence-electron chi connectivity index (χ3n) is 5.94. The predicted molar refractivity (Wildman–Crippen MR) is 118 cm³/mol. The molecule has 2 aromatic carbocycles. The second kappa shape index (κ2) is 7.46. The molecule has 2 aliphatic rings. The number of carbonyl (C=O) groups is 1. The number of nitrogens with zero attached hydrogens (tertiary/aromatic N) is 1. The molecule has 3 heterocycles. The standard InChI is InChI=1S/C24H21ClN2O4/c1-2-30-24(29)19-17(13-8-10-15(25)11-9-13)18-21(31-22(19)26)16-7-3-5-14-6-4-12-27(20(14)16)23(18)28/h3,5,7-11,17H,2,4,6,12,26H2,1H3. The minimum atomic E-state index is -0.716. The Hall–Kier alpha value is -3.25. The summed E-state index contributed by atoms with van der Waals surface area (Å²) in [4.78, 5) is 26.7. The van der Waals surface area contributed by atoms with Gasteiger partial charge in [0.2, 0.25) is 5.88 Å². The molecule has 31 heavy (non-hydrogen) atoms. The van der Waals surface area contributed by atoms with Gasteiger partial charge in [-0.3, -0.25) is 4.79 Å². The molecule has 0 amide bonds. The number of ether oxygens (including phenoxy) is 2. The topological polar surface area (TPSA) is 83.6 Å². The number of benzene rings is 2. The first kappa shape index (κ1) is 19.7. The van der Waals surface area contributed by atoms with Crippen LogP contribution in [-0.2, 0) is 22.5 Å². The fraction of sp³-hybridized carbons (Fsp3) is 0.250. The molecule has 0 saturated heterocycles. The van der Waals surface area contributed by atoms with E-state index < -0.39 is 11.9 Å². The van der Waals surface area contributed by atoms with Gasteiger partial charge in [-0.05, 0) is 49.1 Å². The Kier molecular flexibility index (Phi) is 4.74. The molecule has 0 radical (unpaired) electrons. The zero-order valence-electron chi connectivity index (χ0n) is 17.0. The smallest absolute Gasteiger partial charge is 0.340 e. The average molecular weight is 437 g/mol. The van der Waals surface area contributed by atoms with Gasteiger partial charge in [0.15, 0.2) is 0 Å². The van der Waals surface area contributed by atoms with E-state index in [-0.39, 0.29) is 23.6 Å². The van der Waals surface area contributed by atoms with Gasteiger partial charge >= 0.3 is 5.97 Å². The number of nitrogens with two attached hydrogens (primary N) is 1. The lowest BCUT2D eigenvalue weighted by Crippen LogP contribution is -2.35. The van der Waals surface area contributed by atoms with E-state index in [9.17, 15) is 9.59 Å². The lowest BCUT2D eigenvalue weighted by atomic mass is 9.82. The maximum Gasteiger partial charge on any atom is 0.340 e. The molecule has 1 unspecified atom stereocenters. The number of carbonyl (C=O) groups excluding carboxylic acids is 1. The van der Waals surface area contributed by atoms with Crippen LogP contribution in [0.2, 0.25) is 5.02 Å². The van der Waals surface area contributed by atoms with Crippen molar-refractivity contribution in [3.8, 4) is 5.75 Å². The second-order valence-corrected chi connectivity index (χ2v) is 8.14. The Morgan fingerprint density at radius 1 is 1.26 bits per heavy atom. The van der Waals surface area contributed by atoms with Crippen molar-refractivity contribution in [1.82, 2.24) is 4.57 Å². The van der Waals surface area contributed by atoms with Gasteiger partial charge in [-0.1, -0.05) is 35.9 Å². The summed E-state index contributed by atoms with van der Waals surface area (Å²) in [5.41, 5.74) is 9.32. The maximum atomic E-state index is 13.8. The maximum absolute atomic E-state index is 13.8. The first-order chi connectivity index (χ1) is 15.0. The Morgan fingerprint density at radius 2 is 2.03 bits per heavy atom. The minimum absolute atomic E-state index is 0.0492. The minimum Gasteiger partial charge on any atom is -0.462 e. The van der Waals surface area contributed by atoms with E-state index in [1.807, 2.05) is 18.2 Å². The van der Waals surface area contributed by atoms with Crippen molar-refractivity contribution >= 4 is 28.5 Å². The number of para-hydroxylation sites is 1. The number of fused-ring (bicyclic) bond motifs is 2. The van der Waals surface area contributed by atoms with Crippen LogP contribution in [0.4, 0.5) is 0 Å². The molecule has 158 valence electrons. The van der Waals surface area contributed by atoms with Gasteiger partial charge in [0, 0.05) is 17.0 Å². The third-order valence-corrected chi connectivity index (χ3v) is 6.19. The van der Waals surface area contributed by atoms with Crippen LogP contribution < -0.4 is 16.0 Å². The molecular weight excluding hydrogens is 416 g/mol. The number of halogens is 1. The number of pyridine rings is 1. The third kappa shape index (κ3) is 3.01. The first-order valence-corrected chi connectivity index (χ1v) is 10.7. The fourth-order valence-corrected chi connectivity index (χ4v) is 4.78. The Bertz CT molecular complexity index is 1310. The van der Waals surface area contributed by atoms with E-state index in [2.05, 4.69) is 0 Å². The van der Waals surface area contributed by atoms with Crippen molar-refractivity contribution in [3.63, 3.8) is 0 Å². The average Bonchev–Trinajstić information content (AvgIpc) is 2.77. The van der Waals surface area contributed by atoms with Crippen molar-refractivity contribution in [3.05, 3.63) is 86.0 Å². The van der Waals surface area contributed by atoms with Crippen LogP contribution in [-0.4, -0.2) is 17.1 Å². The molecule has 1 aromatic heterocycles. The predicted octanol–water partition coefficient (Wildman–Crippen LogP) is 3.86. The lowest BCUT2D eigenvalue weighted by molar-refractivity contribution is -0.139. The zero-order valence-corrected chi connectivity index (χ0v) is 17.7. The van der Waals surface area contributed by atoms with Gasteiger partial charge in [-0.2, -0.15) is 0 Å². The summed E-state index contributed by atoms with van der Waals surface area (Å²) in [5.74, 6) is -0.957. The summed E-state index contributed by atoms with van der Waals surface area (Å²) in [7, 11) is 0. The van der Waals surface area contributed by atoms with Crippen molar-refractivity contribution in [1.29, 1.82) is 0 Å². The molecule has 0 saturated carbocycles. The normalized spacial score (nSPS) is 17.3. The number of hydrogen-bond donors (Lipinski definition) is 1. The van der Waals surface area contributed by atoms with Gasteiger partial charge in [0.1, 0.15) is 11.3 Å². The number of esters is 1. The summed E-state index contributed by atoms with van der Waals surface area (Å²) in [5, 5.41) is 1.37. The summed E-state index contributed by atoms with van der Waals surface area (Å²) in [6.07, 6.45) is 1.77. The number of rotatable bonds is 3. The molecule has 2 aliphatic heterocycles. The summed E-state index contributed by atoms with van der Waals surface area (Å²) in [6.45, 7) is 2.51. The van der Waals surface area contributed by atoms with Crippen LogP contribution >= 0.6 is 11.6 Å². The van der Waals surface area contributed by atoms with Crippen molar-refractivity contribution in [2.45, 2.75) is 32.2 Å². The Balaban J connectivity index is 1.86. The molecule has 3 aromatic rings. The van der Waals surface area contributed by atoms with Crippen LogP contribution in [0.5, 0.6) is 5.75 Å². The van der Waals surface area contributed by atoms with Crippen LogP contribution in [0.25, 0.3) is 10.9 Å². The van der Waals surface area contributed by atoms with E-state index >= 15 is 0 Å². The highest BCUT2D eigenvalue weighted by atomic mass is 35.5. The van der Waals surface area contributed by atoms with Gasteiger partial charge in [-0.25, -0.2) is 4.79 Å². The van der Waals surface area contributed by atoms with Gasteiger partial charge in [-0.15, -0.1) is 0 Å². The molecule has 6 nitrogen and oxygen atoms in total. The highest BCUT2D eigenvalue weighted by molar-refractivity contribution is 6.30. The van der Waals surface area contributed by atoms with E-state index in [4.69, 9.17) is 26.8 Å². The Labute approximate surface area is 183 Å². The van der Waals surface area contributed by atoms with Crippen LogP contribution in [0, 0.1) is 0 Å². The first-order valence-electron chi connectivity index (χ1n) is 10.3. The van der Waals surface area contributed by atoms with E-state index in [0.717, 1.165) is 34.9 Å². The molecule has 0 spiro atoms. The zero-order chi connectivity index (χ0) is 21.7. The molecule has 0 bridgehead atoms. The molecule has 0 aliphatic carbocycles. The van der Waals surface area contributed by atoms with Gasteiger partial charge < -0.3 is 19.8 Å². The number of hydrogen-bond acceptors (Lipinski definition) is 5. The SMILES string of the molecule is CCOC(=O)C1=C(N)Oc2c(c(=O)n3c4c(cccc24)CCC3)C1c1ccc(Cl)cc1. The van der Waals surface area contributed by atoms with E-state index in [1.165, 1.54) is 0 Å². The van der Waals surface area contributed by atoms with Gasteiger partial charge in [0.25, 0.3) is 5.56 Å². The summed E-state index contributed by atoms with van der Waals surface area (Å²) < 4.78 is 13.0. The van der Waals surface area contributed by atoms with Crippen LogP contribution in [0.1, 0.15) is 36.0 Å². The number of aryl methyl sites for hydroxylation is 2. The van der Waals surface area contributed by atoms with Crippen molar-refractivity contribution in [2.24, 2.45) is 5.73 Å². The largest absolute Gasteiger partial charge is 0.462 e. The fourth-order valence-electron chi connectivity index (χ4n) is 4.66. The van der Waals surface area contributed by atoms with E-state index in [1.54, 1.807) is 35.8 Å². The second-order valence-electron chi connectivity index (χ2n) is 7.70. The quantitative estimate of drug-likeness (QED) is 0.630.